The Morgan fingerprint density at radius 2 is 0.769 bits per heavy atom. The van der Waals surface area contributed by atoms with Crippen LogP contribution in [0, 0.1) is 0 Å². The van der Waals surface area contributed by atoms with E-state index in [0.29, 0.717) is 0 Å². The molecule has 0 saturated carbocycles. The third kappa shape index (κ3) is 38.6. The summed E-state index contributed by atoms with van der Waals surface area (Å²) in [5.74, 6) is -1.24. The van der Waals surface area contributed by atoms with Crippen molar-refractivity contribution in [1.29, 1.82) is 0 Å². The van der Waals surface area contributed by atoms with E-state index in [-0.39, 0.29) is 6.61 Å². The quantitative estimate of drug-likeness (QED) is 0.0325. The van der Waals surface area contributed by atoms with Gasteiger partial charge in [-0.05, 0) is 25.7 Å². The van der Waals surface area contributed by atoms with Crippen molar-refractivity contribution in [2.75, 3.05) is 13.2 Å². The Labute approximate surface area is 317 Å². The van der Waals surface area contributed by atoms with Gasteiger partial charge in [0.25, 0.3) is 0 Å². The molecule has 0 aromatic heterocycles. The second-order valence-electron chi connectivity index (χ2n) is 12.3. The van der Waals surface area contributed by atoms with E-state index in [1.165, 1.54) is 102 Å². The molecule has 0 aromatic carbocycles. The number of carbonyl (C=O) groups excluding carboxylic acids is 2. The predicted molar refractivity (Wildman–Crippen MR) is 223 cm³/mol. The van der Waals surface area contributed by atoms with Crippen LogP contribution >= 0.6 is 0 Å². The van der Waals surface area contributed by atoms with Crippen molar-refractivity contribution in [3.05, 3.63) is 146 Å². The molecule has 1 unspecified atom stereocenters. The van der Waals surface area contributed by atoms with E-state index in [2.05, 4.69) is 38.2 Å². The molecule has 5 nitrogen and oxygen atoms in total. The van der Waals surface area contributed by atoms with Gasteiger partial charge in [0.1, 0.15) is 6.61 Å². The van der Waals surface area contributed by atoms with Crippen molar-refractivity contribution in [2.45, 2.75) is 123 Å². The minimum absolute atomic E-state index is 0.246. The molecule has 1 atom stereocenters. The van der Waals surface area contributed by atoms with Gasteiger partial charge in [-0.2, -0.15) is 0 Å². The summed E-state index contributed by atoms with van der Waals surface area (Å²) in [7, 11) is 0. The number of ether oxygens (including phenoxy) is 2. The van der Waals surface area contributed by atoms with Crippen LogP contribution < -0.4 is 0 Å². The van der Waals surface area contributed by atoms with E-state index < -0.39 is 24.6 Å². The largest absolute Gasteiger partial charge is 0.458 e. The molecule has 0 heterocycles. The fourth-order valence-electron chi connectivity index (χ4n) is 4.63. The van der Waals surface area contributed by atoms with Crippen LogP contribution in [0.5, 0.6) is 0 Å². The van der Waals surface area contributed by atoms with E-state index in [4.69, 9.17) is 9.47 Å². The minimum Gasteiger partial charge on any atom is -0.458 e. The SMILES string of the molecule is CCCCCCCCC/C=C/C=C/C=C/C=C/C=C/C=C/C(=O)OCC(CO)OC(=O)/C=C/C=C/C=C/C=C/C=C/C=C/CCCCCCCCC. The Kier molecular flexibility index (Phi) is 37.9. The predicted octanol–water partition coefficient (Wildman–Crippen LogP) is 12.4. The zero-order chi connectivity index (χ0) is 37.8. The van der Waals surface area contributed by atoms with Gasteiger partial charge in [-0.3, -0.25) is 0 Å². The summed E-state index contributed by atoms with van der Waals surface area (Å²) in [5, 5.41) is 9.49. The molecule has 286 valence electrons. The lowest BCUT2D eigenvalue weighted by molar-refractivity contribution is -0.154. The first-order valence-electron chi connectivity index (χ1n) is 19.6. The van der Waals surface area contributed by atoms with Crippen LogP contribution in [0.2, 0.25) is 0 Å². The smallest absolute Gasteiger partial charge is 0.331 e. The summed E-state index contributed by atoms with van der Waals surface area (Å²) in [6.45, 7) is 3.79. The van der Waals surface area contributed by atoms with Crippen LogP contribution in [-0.4, -0.2) is 36.4 Å². The van der Waals surface area contributed by atoms with Crippen LogP contribution in [0.15, 0.2) is 146 Å². The molecule has 0 aliphatic carbocycles. The average Bonchev–Trinajstić information content (AvgIpc) is 3.15. The number of esters is 2. The number of carbonyl (C=O) groups is 2. The molecule has 0 amide bonds. The van der Waals surface area contributed by atoms with E-state index in [0.717, 1.165) is 12.8 Å². The lowest BCUT2D eigenvalue weighted by atomic mass is 10.1. The molecular weight excluding hydrogens is 645 g/mol. The van der Waals surface area contributed by atoms with Gasteiger partial charge in [-0.1, -0.05) is 225 Å². The first kappa shape index (κ1) is 47.8. The Morgan fingerprint density at radius 1 is 0.442 bits per heavy atom. The van der Waals surface area contributed by atoms with Crippen molar-refractivity contribution in [3.63, 3.8) is 0 Å². The number of allylic oxidation sites excluding steroid dienone is 22. The third-order valence-corrected chi connectivity index (χ3v) is 7.58. The molecule has 52 heavy (non-hydrogen) atoms. The summed E-state index contributed by atoms with van der Waals surface area (Å²) in [6, 6.07) is 0. The van der Waals surface area contributed by atoms with Gasteiger partial charge in [-0.25, -0.2) is 9.59 Å². The monoisotopic (exact) mass is 713 g/mol. The van der Waals surface area contributed by atoms with Crippen LogP contribution in [0.25, 0.3) is 0 Å². The Balaban J connectivity index is 4.09. The molecular formula is C47H68O5. The molecule has 0 fully saturated rings. The number of aliphatic hydroxyl groups excluding tert-OH is 1. The molecule has 5 heteroatoms. The fourth-order valence-corrected chi connectivity index (χ4v) is 4.63. The Bertz CT molecular complexity index is 1220. The molecule has 1 N–H and O–H groups in total. The first-order valence-corrected chi connectivity index (χ1v) is 19.6. The maximum atomic E-state index is 12.0. The maximum absolute atomic E-state index is 12.0. The summed E-state index contributed by atoms with van der Waals surface area (Å²) >= 11 is 0. The first-order chi connectivity index (χ1) is 25.6. The van der Waals surface area contributed by atoms with Crippen molar-refractivity contribution < 1.29 is 24.2 Å². The Hall–Kier alpha value is -4.22. The second-order valence-corrected chi connectivity index (χ2v) is 12.3. The number of unbranched alkanes of at least 4 members (excludes halogenated alkanes) is 14. The van der Waals surface area contributed by atoms with Gasteiger partial charge in [0, 0.05) is 12.2 Å². The summed E-state index contributed by atoms with van der Waals surface area (Å²) in [6.07, 6.45) is 64.4. The summed E-state index contributed by atoms with van der Waals surface area (Å²) in [5.41, 5.74) is 0. The van der Waals surface area contributed by atoms with Crippen molar-refractivity contribution in [1.82, 2.24) is 0 Å². The highest BCUT2D eigenvalue weighted by atomic mass is 16.6. The lowest BCUT2D eigenvalue weighted by Crippen LogP contribution is -2.27. The van der Waals surface area contributed by atoms with Gasteiger partial charge < -0.3 is 14.6 Å². The number of hydrogen-bond donors (Lipinski definition) is 1. The molecule has 0 rings (SSSR count). The zero-order valence-corrected chi connectivity index (χ0v) is 32.2. The van der Waals surface area contributed by atoms with E-state index in [9.17, 15) is 14.7 Å². The summed E-state index contributed by atoms with van der Waals surface area (Å²) < 4.78 is 10.2. The molecule has 0 aliphatic heterocycles. The van der Waals surface area contributed by atoms with Crippen molar-refractivity contribution in [3.8, 4) is 0 Å². The molecule has 0 spiro atoms. The van der Waals surface area contributed by atoms with Crippen LogP contribution in [0.4, 0.5) is 0 Å². The molecule has 0 bridgehead atoms. The molecule has 0 saturated heterocycles. The van der Waals surface area contributed by atoms with E-state index in [1.54, 1.807) is 36.5 Å². The highest BCUT2D eigenvalue weighted by Gasteiger charge is 2.13. The highest BCUT2D eigenvalue weighted by Crippen LogP contribution is 2.09. The number of aliphatic hydroxyl groups is 1. The normalized spacial score (nSPS) is 13.8. The maximum Gasteiger partial charge on any atom is 0.331 e. The van der Waals surface area contributed by atoms with Crippen molar-refractivity contribution >= 4 is 11.9 Å². The second kappa shape index (κ2) is 41.2. The van der Waals surface area contributed by atoms with Crippen LogP contribution in [0.3, 0.4) is 0 Å². The van der Waals surface area contributed by atoms with Crippen molar-refractivity contribution in [2.24, 2.45) is 0 Å². The van der Waals surface area contributed by atoms with E-state index >= 15 is 0 Å². The van der Waals surface area contributed by atoms with Gasteiger partial charge in [0.2, 0.25) is 0 Å². The van der Waals surface area contributed by atoms with Gasteiger partial charge >= 0.3 is 11.9 Å². The van der Waals surface area contributed by atoms with E-state index in [1.807, 2.05) is 72.9 Å². The Morgan fingerprint density at radius 3 is 1.15 bits per heavy atom. The fraction of sp³-hybridized carbons (Fsp3) is 0.447. The number of hydrogen-bond acceptors (Lipinski definition) is 5. The van der Waals surface area contributed by atoms with Gasteiger partial charge in [0.05, 0.1) is 6.61 Å². The van der Waals surface area contributed by atoms with Gasteiger partial charge in [0.15, 0.2) is 6.10 Å². The topological polar surface area (TPSA) is 72.8 Å². The standard InChI is InChI=1S/C47H68O5/c1-3-5-7-9-11-13-15-17-19-21-23-25-27-29-31-33-35-37-39-41-46(49)51-44-45(43-48)52-47(50)42-40-38-36-34-32-30-28-26-24-22-20-18-16-14-12-10-8-6-4-2/h19-42,45,48H,3-18,43-44H2,1-2H3/b21-19+,22-20+,25-23+,26-24+,29-27+,30-28+,33-31+,34-32+,37-35+,38-36+,41-39+,42-40+. The third-order valence-electron chi connectivity index (χ3n) is 7.58. The van der Waals surface area contributed by atoms with Crippen LogP contribution in [0.1, 0.15) is 117 Å². The average molecular weight is 713 g/mol. The zero-order valence-electron chi connectivity index (χ0n) is 32.2. The summed E-state index contributed by atoms with van der Waals surface area (Å²) in [4.78, 5) is 24.0. The minimum atomic E-state index is -0.952. The highest BCUT2D eigenvalue weighted by molar-refractivity contribution is 5.83. The lowest BCUT2D eigenvalue weighted by Gasteiger charge is -2.13. The number of rotatable bonds is 32. The van der Waals surface area contributed by atoms with Gasteiger partial charge in [-0.15, -0.1) is 0 Å². The molecule has 0 aromatic rings. The molecule has 0 radical (unpaired) electrons. The van der Waals surface area contributed by atoms with Crippen LogP contribution in [-0.2, 0) is 19.1 Å². The molecule has 0 aliphatic rings.